The van der Waals surface area contributed by atoms with Crippen molar-refractivity contribution in [3.63, 3.8) is 0 Å². The van der Waals surface area contributed by atoms with Crippen molar-refractivity contribution < 1.29 is 0 Å². The minimum atomic E-state index is 0.388. The van der Waals surface area contributed by atoms with Crippen molar-refractivity contribution in [1.82, 2.24) is 20.0 Å². The van der Waals surface area contributed by atoms with Crippen LogP contribution in [0.3, 0.4) is 0 Å². The van der Waals surface area contributed by atoms with Gasteiger partial charge in [0.05, 0.1) is 0 Å². The Bertz CT molecular complexity index is 711. The molecule has 0 saturated heterocycles. The normalized spacial score (nSPS) is 11.4. The van der Waals surface area contributed by atoms with E-state index in [1.807, 2.05) is 6.20 Å². The van der Waals surface area contributed by atoms with Crippen molar-refractivity contribution in [2.24, 2.45) is 0 Å². The number of fused-ring (bicyclic) bond motifs is 1. The second-order valence-corrected chi connectivity index (χ2v) is 5.15. The van der Waals surface area contributed by atoms with Crippen LogP contribution in [0.5, 0.6) is 0 Å². The number of rotatable bonds is 2. The molecule has 96 valence electrons. The SMILES string of the molecule is Cc1ccc(-c2cc(C(C)C)c3nnnn3c2)cc1. The molecule has 0 amide bonds. The third kappa shape index (κ3) is 2.10. The van der Waals surface area contributed by atoms with E-state index in [0.29, 0.717) is 5.92 Å². The van der Waals surface area contributed by atoms with E-state index in [-0.39, 0.29) is 0 Å². The first-order valence-corrected chi connectivity index (χ1v) is 6.44. The molecule has 4 heteroatoms. The van der Waals surface area contributed by atoms with Crippen LogP contribution in [0.2, 0.25) is 0 Å². The predicted molar refractivity (Wildman–Crippen MR) is 75.0 cm³/mol. The summed E-state index contributed by atoms with van der Waals surface area (Å²) in [5, 5.41) is 11.9. The number of tetrazole rings is 1. The van der Waals surface area contributed by atoms with Gasteiger partial charge in [0.2, 0.25) is 0 Å². The molecule has 0 aliphatic rings. The largest absolute Gasteiger partial charge is 0.200 e. The Balaban J connectivity index is 2.21. The molecule has 19 heavy (non-hydrogen) atoms. The van der Waals surface area contributed by atoms with Crippen molar-refractivity contribution in [3.8, 4) is 11.1 Å². The molecule has 0 atom stereocenters. The van der Waals surface area contributed by atoms with Crippen molar-refractivity contribution in [2.75, 3.05) is 0 Å². The van der Waals surface area contributed by atoms with E-state index >= 15 is 0 Å². The van der Waals surface area contributed by atoms with Crippen molar-refractivity contribution >= 4 is 5.65 Å². The van der Waals surface area contributed by atoms with Crippen LogP contribution in [0.4, 0.5) is 0 Å². The number of aryl methyl sites for hydroxylation is 1. The van der Waals surface area contributed by atoms with E-state index < -0.39 is 0 Å². The first kappa shape index (κ1) is 11.8. The van der Waals surface area contributed by atoms with Gasteiger partial charge in [0.15, 0.2) is 5.65 Å². The summed E-state index contributed by atoms with van der Waals surface area (Å²) in [7, 11) is 0. The maximum Gasteiger partial charge on any atom is 0.182 e. The fourth-order valence-corrected chi connectivity index (χ4v) is 2.20. The van der Waals surface area contributed by atoms with Crippen LogP contribution in [-0.4, -0.2) is 20.0 Å². The average molecular weight is 252 g/mol. The number of pyridine rings is 1. The predicted octanol–water partition coefficient (Wildman–Crippen LogP) is 3.22. The summed E-state index contributed by atoms with van der Waals surface area (Å²) in [6, 6.07) is 10.7. The van der Waals surface area contributed by atoms with Gasteiger partial charge in [-0.05, 0) is 34.9 Å². The van der Waals surface area contributed by atoms with Crippen molar-refractivity contribution in [3.05, 3.63) is 47.7 Å². The van der Waals surface area contributed by atoms with Gasteiger partial charge in [-0.2, -0.15) is 4.52 Å². The van der Waals surface area contributed by atoms with Gasteiger partial charge < -0.3 is 0 Å². The molecule has 2 heterocycles. The molecule has 3 rings (SSSR count). The third-order valence-corrected chi connectivity index (χ3v) is 3.33. The quantitative estimate of drug-likeness (QED) is 0.703. The van der Waals surface area contributed by atoms with Gasteiger partial charge in [-0.1, -0.05) is 43.7 Å². The number of nitrogens with zero attached hydrogens (tertiary/aromatic N) is 4. The maximum absolute atomic E-state index is 4.09. The van der Waals surface area contributed by atoms with Gasteiger partial charge in [0.1, 0.15) is 0 Å². The smallest absolute Gasteiger partial charge is 0.182 e. The fraction of sp³-hybridized carbons (Fsp3) is 0.267. The number of benzene rings is 1. The highest BCUT2D eigenvalue weighted by atomic mass is 15.5. The average Bonchev–Trinajstić information content (AvgIpc) is 2.86. The molecule has 1 aromatic carbocycles. The van der Waals surface area contributed by atoms with Crippen molar-refractivity contribution in [1.29, 1.82) is 0 Å². The van der Waals surface area contributed by atoms with Crippen LogP contribution in [0.15, 0.2) is 36.5 Å². The molecule has 3 aromatic rings. The van der Waals surface area contributed by atoms with Gasteiger partial charge in [-0.3, -0.25) is 0 Å². The minimum Gasteiger partial charge on any atom is -0.200 e. The first-order chi connectivity index (χ1) is 9.15. The lowest BCUT2D eigenvalue weighted by molar-refractivity contribution is 0.817. The summed E-state index contributed by atoms with van der Waals surface area (Å²) in [5.74, 6) is 0.388. The van der Waals surface area contributed by atoms with Crippen molar-refractivity contribution in [2.45, 2.75) is 26.7 Å². The second kappa shape index (κ2) is 4.46. The van der Waals surface area contributed by atoms with Crippen LogP contribution < -0.4 is 0 Å². The monoisotopic (exact) mass is 252 g/mol. The lowest BCUT2D eigenvalue weighted by atomic mass is 9.99. The summed E-state index contributed by atoms with van der Waals surface area (Å²) in [5.41, 5.74) is 5.60. The first-order valence-electron chi connectivity index (χ1n) is 6.44. The molecule has 0 unspecified atom stereocenters. The van der Waals surface area contributed by atoms with Gasteiger partial charge >= 0.3 is 0 Å². The molecular formula is C15H16N4. The van der Waals surface area contributed by atoms with E-state index in [1.54, 1.807) is 4.52 Å². The van der Waals surface area contributed by atoms with Gasteiger partial charge in [-0.25, -0.2) is 0 Å². The highest BCUT2D eigenvalue weighted by Gasteiger charge is 2.11. The topological polar surface area (TPSA) is 43.1 Å². The highest BCUT2D eigenvalue weighted by molar-refractivity contribution is 5.67. The third-order valence-electron chi connectivity index (χ3n) is 3.33. The van der Waals surface area contributed by atoms with Gasteiger partial charge in [-0.15, -0.1) is 5.10 Å². The molecule has 0 radical (unpaired) electrons. The molecule has 0 bridgehead atoms. The molecule has 0 saturated carbocycles. The van der Waals surface area contributed by atoms with Crippen LogP contribution in [0, 0.1) is 6.92 Å². The maximum atomic E-state index is 4.09. The van der Waals surface area contributed by atoms with Crippen LogP contribution >= 0.6 is 0 Å². The Morgan fingerprint density at radius 3 is 2.47 bits per heavy atom. The van der Waals surface area contributed by atoms with E-state index in [4.69, 9.17) is 0 Å². The number of hydrogen-bond donors (Lipinski definition) is 0. The van der Waals surface area contributed by atoms with E-state index in [1.165, 1.54) is 16.7 Å². The molecule has 4 nitrogen and oxygen atoms in total. The Kier molecular flexibility index (Phi) is 2.78. The summed E-state index contributed by atoms with van der Waals surface area (Å²) in [6.07, 6.45) is 1.98. The lowest BCUT2D eigenvalue weighted by Gasteiger charge is -2.09. The summed E-state index contributed by atoms with van der Waals surface area (Å²) < 4.78 is 1.75. The zero-order valence-electron chi connectivity index (χ0n) is 11.3. The molecule has 0 fully saturated rings. The summed E-state index contributed by atoms with van der Waals surface area (Å²) in [4.78, 5) is 0. The summed E-state index contributed by atoms with van der Waals surface area (Å²) in [6.45, 7) is 6.40. The van der Waals surface area contributed by atoms with Gasteiger partial charge in [0, 0.05) is 17.3 Å². The van der Waals surface area contributed by atoms with E-state index in [9.17, 15) is 0 Å². The Hall–Kier alpha value is -2.23. The molecule has 0 spiro atoms. The Labute approximate surface area is 112 Å². The van der Waals surface area contributed by atoms with E-state index in [0.717, 1.165) is 11.2 Å². The van der Waals surface area contributed by atoms with Crippen LogP contribution in [-0.2, 0) is 0 Å². The second-order valence-electron chi connectivity index (χ2n) is 5.15. The zero-order valence-corrected chi connectivity index (χ0v) is 11.3. The Morgan fingerprint density at radius 1 is 1.05 bits per heavy atom. The zero-order chi connectivity index (χ0) is 13.4. The fourth-order valence-electron chi connectivity index (χ4n) is 2.20. The molecule has 0 N–H and O–H groups in total. The van der Waals surface area contributed by atoms with Crippen LogP contribution in [0.1, 0.15) is 30.9 Å². The molecule has 2 aromatic heterocycles. The molecule has 0 aliphatic heterocycles. The Morgan fingerprint density at radius 2 is 1.79 bits per heavy atom. The van der Waals surface area contributed by atoms with Crippen LogP contribution in [0.25, 0.3) is 16.8 Å². The number of hydrogen-bond acceptors (Lipinski definition) is 3. The van der Waals surface area contributed by atoms with Gasteiger partial charge in [0.25, 0.3) is 0 Å². The standard InChI is InChI=1S/C15H16N4/c1-10(2)14-8-13(9-19-15(14)16-17-18-19)12-6-4-11(3)5-7-12/h4-10H,1-3H3. The highest BCUT2D eigenvalue weighted by Crippen LogP contribution is 2.26. The molecular weight excluding hydrogens is 236 g/mol. The summed E-state index contributed by atoms with van der Waals surface area (Å²) >= 11 is 0. The number of aromatic nitrogens is 4. The molecule has 0 aliphatic carbocycles. The van der Waals surface area contributed by atoms with E-state index in [2.05, 4.69) is 66.6 Å². The lowest BCUT2D eigenvalue weighted by Crippen LogP contribution is -1.97. The minimum absolute atomic E-state index is 0.388.